The van der Waals surface area contributed by atoms with E-state index in [9.17, 15) is 9.59 Å². The number of anilines is 2. The number of hydrogen-bond acceptors (Lipinski definition) is 5. The number of carbonyl (C=O) groups excluding carboxylic acids is 2. The first-order valence-corrected chi connectivity index (χ1v) is 9.75. The molecular weight excluding hydrogens is 368 g/mol. The van der Waals surface area contributed by atoms with Gasteiger partial charge in [0, 0.05) is 37.6 Å². The van der Waals surface area contributed by atoms with Gasteiger partial charge in [0.05, 0.1) is 20.2 Å². The van der Waals surface area contributed by atoms with Gasteiger partial charge in [-0.15, -0.1) is 0 Å². The van der Waals surface area contributed by atoms with Crippen molar-refractivity contribution in [3.63, 3.8) is 0 Å². The van der Waals surface area contributed by atoms with Crippen LogP contribution in [0.4, 0.5) is 11.4 Å². The van der Waals surface area contributed by atoms with Crippen molar-refractivity contribution in [2.75, 3.05) is 63.6 Å². The fraction of sp³-hybridized carbons (Fsp3) is 0.364. The molecule has 0 bridgehead atoms. The van der Waals surface area contributed by atoms with Gasteiger partial charge in [-0.2, -0.15) is 0 Å². The zero-order chi connectivity index (χ0) is 20.6. The Labute approximate surface area is 171 Å². The second-order valence-electron chi connectivity index (χ2n) is 7.15. The third-order valence-corrected chi connectivity index (χ3v) is 4.95. The summed E-state index contributed by atoms with van der Waals surface area (Å²) in [5.41, 5.74) is 1.89. The molecule has 0 spiro atoms. The number of benzene rings is 2. The number of methoxy groups -OCH3 is 1. The van der Waals surface area contributed by atoms with E-state index in [0.29, 0.717) is 18.8 Å². The number of hydrogen-bond donors (Lipinski definition) is 1. The summed E-state index contributed by atoms with van der Waals surface area (Å²) in [4.78, 5) is 30.7. The summed E-state index contributed by atoms with van der Waals surface area (Å²) in [6, 6.07) is 17.4. The predicted octanol–water partition coefficient (Wildman–Crippen LogP) is 1.91. The summed E-state index contributed by atoms with van der Waals surface area (Å²) in [7, 11) is 3.38. The van der Waals surface area contributed by atoms with Crippen LogP contribution in [0.1, 0.15) is 0 Å². The zero-order valence-corrected chi connectivity index (χ0v) is 17.0. The summed E-state index contributed by atoms with van der Waals surface area (Å²) in [5, 5.41) is 2.83. The molecule has 0 atom stereocenters. The molecule has 2 amide bonds. The highest BCUT2D eigenvalue weighted by molar-refractivity contribution is 5.92. The highest BCUT2D eigenvalue weighted by atomic mass is 16.5. The van der Waals surface area contributed by atoms with E-state index in [0.717, 1.165) is 18.8 Å². The lowest BCUT2D eigenvalue weighted by molar-refractivity contribution is -0.132. The van der Waals surface area contributed by atoms with E-state index in [4.69, 9.17) is 4.74 Å². The molecule has 0 aliphatic carbocycles. The summed E-state index contributed by atoms with van der Waals surface area (Å²) in [5.74, 6) is 0.634. The van der Waals surface area contributed by atoms with Crippen molar-refractivity contribution in [1.29, 1.82) is 0 Å². The highest BCUT2D eigenvalue weighted by Crippen LogP contribution is 2.16. The number of ether oxygens (including phenoxy) is 1. The van der Waals surface area contributed by atoms with Gasteiger partial charge < -0.3 is 19.9 Å². The number of carbonyl (C=O) groups is 2. The molecule has 1 saturated heterocycles. The van der Waals surface area contributed by atoms with Gasteiger partial charge >= 0.3 is 0 Å². The van der Waals surface area contributed by atoms with Crippen LogP contribution < -0.4 is 15.0 Å². The number of likely N-dealkylation sites (N-methyl/N-ethyl adjacent to an activating group) is 1. The molecule has 1 N–H and O–H groups in total. The van der Waals surface area contributed by atoms with Gasteiger partial charge in [0.25, 0.3) is 0 Å². The smallest absolute Gasteiger partial charge is 0.238 e. The average molecular weight is 396 g/mol. The van der Waals surface area contributed by atoms with E-state index in [1.807, 2.05) is 23.1 Å². The Hall–Kier alpha value is -3.06. The van der Waals surface area contributed by atoms with Crippen molar-refractivity contribution < 1.29 is 14.3 Å². The van der Waals surface area contributed by atoms with Crippen LogP contribution in [-0.2, 0) is 9.59 Å². The predicted molar refractivity (Wildman–Crippen MR) is 114 cm³/mol. The number of amides is 2. The Morgan fingerprint density at radius 3 is 2.24 bits per heavy atom. The normalized spacial score (nSPS) is 14.0. The Balaban J connectivity index is 1.41. The lowest BCUT2D eigenvalue weighted by atomic mass is 10.2. The lowest BCUT2D eigenvalue weighted by Gasteiger charge is -2.36. The second-order valence-corrected chi connectivity index (χ2v) is 7.15. The molecule has 3 rings (SSSR count). The van der Waals surface area contributed by atoms with Gasteiger partial charge in [0.2, 0.25) is 11.8 Å². The second kappa shape index (κ2) is 9.93. The molecule has 7 nitrogen and oxygen atoms in total. The van der Waals surface area contributed by atoms with E-state index in [1.54, 1.807) is 43.3 Å². The first-order valence-electron chi connectivity index (χ1n) is 9.75. The number of piperazine rings is 1. The van der Waals surface area contributed by atoms with Crippen LogP contribution in [0.3, 0.4) is 0 Å². The minimum Gasteiger partial charge on any atom is -0.497 e. The maximum atomic E-state index is 12.6. The van der Waals surface area contributed by atoms with Crippen LogP contribution in [0.15, 0.2) is 54.6 Å². The van der Waals surface area contributed by atoms with Crippen molar-refractivity contribution in [1.82, 2.24) is 9.80 Å². The summed E-state index contributed by atoms with van der Waals surface area (Å²) >= 11 is 0. The summed E-state index contributed by atoms with van der Waals surface area (Å²) in [6.07, 6.45) is 0. The van der Waals surface area contributed by atoms with Crippen LogP contribution in [-0.4, -0.2) is 75.0 Å². The molecule has 0 aromatic heterocycles. The molecular formula is C22H28N4O3. The van der Waals surface area contributed by atoms with E-state index >= 15 is 0 Å². The molecule has 0 saturated carbocycles. The topological polar surface area (TPSA) is 65.1 Å². The van der Waals surface area contributed by atoms with Crippen LogP contribution in [0.25, 0.3) is 0 Å². The number of rotatable bonds is 7. The van der Waals surface area contributed by atoms with Crippen molar-refractivity contribution >= 4 is 23.2 Å². The molecule has 1 aliphatic rings. The Kier molecular flexibility index (Phi) is 7.08. The van der Waals surface area contributed by atoms with E-state index in [2.05, 4.69) is 22.3 Å². The van der Waals surface area contributed by atoms with Crippen molar-refractivity contribution in [2.24, 2.45) is 0 Å². The summed E-state index contributed by atoms with van der Waals surface area (Å²) < 4.78 is 5.11. The highest BCUT2D eigenvalue weighted by Gasteiger charge is 2.22. The van der Waals surface area contributed by atoms with Crippen LogP contribution in [0.2, 0.25) is 0 Å². The average Bonchev–Trinajstić information content (AvgIpc) is 2.74. The monoisotopic (exact) mass is 396 g/mol. The minimum absolute atomic E-state index is 0.0532. The molecule has 0 unspecified atom stereocenters. The molecule has 1 aliphatic heterocycles. The largest absolute Gasteiger partial charge is 0.497 e. The fourth-order valence-electron chi connectivity index (χ4n) is 3.36. The van der Waals surface area contributed by atoms with Crippen molar-refractivity contribution in [3.05, 3.63) is 54.6 Å². The summed E-state index contributed by atoms with van der Waals surface area (Å²) in [6.45, 7) is 3.40. The third-order valence-electron chi connectivity index (χ3n) is 4.95. The Morgan fingerprint density at radius 1 is 0.966 bits per heavy atom. The molecule has 1 heterocycles. The molecule has 2 aromatic carbocycles. The van der Waals surface area contributed by atoms with Crippen molar-refractivity contribution in [3.8, 4) is 5.75 Å². The maximum Gasteiger partial charge on any atom is 0.238 e. The Bertz CT molecular complexity index is 803. The minimum atomic E-state index is -0.153. The molecule has 2 aromatic rings. The van der Waals surface area contributed by atoms with Gasteiger partial charge in [-0.25, -0.2) is 0 Å². The SMILES string of the molecule is COc1ccc(NC(=O)CN(C)CC(=O)N2CCN(c3ccccc3)CC2)cc1. The Morgan fingerprint density at radius 2 is 1.62 bits per heavy atom. The van der Waals surface area contributed by atoms with Crippen LogP contribution in [0, 0.1) is 0 Å². The molecule has 0 radical (unpaired) electrons. The zero-order valence-electron chi connectivity index (χ0n) is 17.0. The number of nitrogens with one attached hydrogen (secondary N) is 1. The first-order chi connectivity index (χ1) is 14.0. The number of para-hydroxylation sites is 1. The standard InChI is InChI=1S/C22H28N4O3/c1-24(16-21(27)23-18-8-10-20(29-2)11-9-18)17-22(28)26-14-12-25(13-15-26)19-6-4-3-5-7-19/h3-11H,12-17H2,1-2H3,(H,23,27). The molecule has 7 heteroatoms. The van der Waals surface area contributed by atoms with Gasteiger partial charge in [0.15, 0.2) is 0 Å². The first kappa shape index (κ1) is 20.7. The van der Waals surface area contributed by atoms with Crippen LogP contribution in [0.5, 0.6) is 5.75 Å². The number of nitrogens with zero attached hydrogens (tertiary/aromatic N) is 3. The van der Waals surface area contributed by atoms with Gasteiger partial charge in [0.1, 0.15) is 5.75 Å². The van der Waals surface area contributed by atoms with Gasteiger partial charge in [-0.05, 0) is 43.4 Å². The fourth-order valence-corrected chi connectivity index (χ4v) is 3.36. The molecule has 29 heavy (non-hydrogen) atoms. The van der Waals surface area contributed by atoms with Gasteiger partial charge in [-0.3, -0.25) is 14.5 Å². The van der Waals surface area contributed by atoms with E-state index in [1.165, 1.54) is 5.69 Å². The van der Waals surface area contributed by atoms with Gasteiger partial charge in [-0.1, -0.05) is 18.2 Å². The lowest BCUT2D eigenvalue weighted by Crippen LogP contribution is -2.51. The maximum absolute atomic E-state index is 12.6. The van der Waals surface area contributed by atoms with E-state index in [-0.39, 0.29) is 24.9 Å². The third kappa shape index (κ3) is 5.96. The molecule has 1 fully saturated rings. The van der Waals surface area contributed by atoms with Crippen molar-refractivity contribution in [2.45, 2.75) is 0 Å². The molecule has 154 valence electrons. The quantitative estimate of drug-likeness (QED) is 0.775. The van der Waals surface area contributed by atoms with Crippen LogP contribution >= 0.6 is 0 Å². The van der Waals surface area contributed by atoms with E-state index < -0.39 is 0 Å².